The molecule has 0 spiro atoms. The Kier molecular flexibility index (Phi) is 4.56. The summed E-state index contributed by atoms with van der Waals surface area (Å²) in [6, 6.07) is 9.51. The fraction of sp³-hybridized carbons (Fsp3) is 0.500. The molecule has 18 heavy (non-hydrogen) atoms. The van der Waals surface area contributed by atoms with Crippen LogP contribution in [0.5, 0.6) is 0 Å². The van der Waals surface area contributed by atoms with Crippen LogP contribution in [-0.4, -0.2) is 18.8 Å². The number of nitrogens with one attached hydrogen (secondary N) is 1. The van der Waals surface area contributed by atoms with E-state index >= 15 is 0 Å². The topological polar surface area (TPSA) is 38.3 Å². The van der Waals surface area contributed by atoms with Gasteiger partial charge in [0.25, 0.3) is 0 Å². The van der Waals surface area contributed by atoms with Crippen molar-refractivity contribution >= 4 is 6.09 Å². The maximum Gasteiger partial charge on any atom is 0.407 e. The highest BCUT2D eigenvalue weighted by molar-refractivity contribution is 5.67. The summed E-state index contributed by atoms with van der Waals surface area (Å²) < 4.78 is 18.0. The van der Waals surface area contributed by atoms with Crippen molar-refractivity contribution in [2.45, 2.75) is 32.0 Å². The van der Waals surface area contributed by atoms with E-state index in [2.05, 4.69) is 5.32 Å². The monoisotopic (exact) mass is 251 g/mol. The Bertz CT molecular complexity index is 383. The Morgan fingerprint density at radius 2 is 2.11 bits per heavy atom. The average Bonchev–Trinajstić information content (AvgIpc) is 2.81. The number of benzene rings is 1. The fourth-order valence-corrected chi connectivity index (χ4v) is 2.20. The van der Waals surface area contributed by atoms with Crippen LogP contribution in [0.1, 0.15) is 24.8 Å². The molecule has 0 radical (unpaired) electrons. The van der Waals surface area contributed by atoms with E-state index < -0.39 is 12.3 Å². The predicted octanol–water partition coefficient (Wildman–Crippen LogP) is 3.05. The molecule has 0 bridgehead atoms. The maximum absolute atomic E-state index is 12.9. The Hall–Kier alpha value is -1.58. The van der Waals surface area contributed by atoms with Gasteiger partial charge in [0, 0.05) is 6.54 Å². The first kappa shape index (κ1) is 12.9. The highest BCUT2D eigenvalue weighted by atomic mass is 19.1. The zero-order chi connectivity index (χ0) is 12.8. The van der Waals surface area contributed by atoms with Crippen molar-refractivity contribution < 1.29 is 13.9 Å². The van der Waals surface area contributed by atoms with E-state index in [-0.39, 0.29) is 12.5 Å². The lowest BCUT2D eigenvalue weighted by Gasteiger charge is -2.11. The second kappa shape index (κ2) is 6.38. The van der Waals surface area contributed by atoms with Gasteiger partial charge < -0.3 is 10.1 Å². The van der Waals surface area contributed by atoms with E-state index in [1.807, 2.05) is 30.3 Å². The van der Waals surface area contributed by atoms with E-state index in [1.165, 1.54) is 0 Å². The molecule has 0 saturated heterocycles. The summed E-state index contributed by atoms with van der Waals surface area (Å²) in [6.45, 7) is 0.775. The van der Waals surface area contributed by atoms with Crippen LogP contribution < -0.4 is 5.32 Å². The van der Waals surface area contributed by atoms with Gasteiger partial charge in [0.1, 0.15) is 12.8 Å². The minimum atomic E-state index is -0.697. The summed E-state index contributed by atoms with van der Waals surface area (Å²) in [6.07, 6.45) is 0.892. The Balaban J connectivity index is 1.63. The van der Waals surface area contributed by atoms with E-state index in [4.69, 9.17) is 4.74 Å². The van der Waals surface area contributed by atoms with Crippen LogP contribution in [0.15, 0.2) is 30.3 Å². The number of amides is 1. The van der Waals surface area contributed by atoms with Crippen molar-refractivity contribution in [2.75, 3.05) is 6.54 Å². The SMILES string of the molecule is O=C(NCC1CCC(F)C1)OCc1ccccc1. The Morgan fingerprint density at radius 3 is 2.78 bits per heavy atom. The molecule has 2 unspecified atom stereocenters. The summed E-state index contributed by atoms with van der Waals surface area (Å²) in [5.74, 6) is 0.254. The van der Waals surface area contributed by atoms with Gasteiger partial charge in [-0.1, -0.05) is 30.3 Å². The molecule has 1 fully saturated rings. The van der Waals surface area contributed by atoms with E-state index in [0.29, 0.717) is 19.4 Å². The summed E-state index contributed by atoms with van der Waals surface area (Å²) >= 11 is 0. The van der Waals surface area contributed by atoms with Crippen LogP contribution in [0.2, 0.25) is 0 Å². The van der Waals surface area contributed by atoms with Crippen LogP contribution in [0.3, 0.4) is 0 Å². The van der Waals surface area contributed by atoms with Crippen molar-refractivity contribution in [1.82, 2.24) is 5.32 Å². The molecule has 3 nitrogen and oxygen atoms in total. The number of halogens is 1. The number of rotatable bonds is 4. The first-order valence-electron chi connectivity index (χ1n) is 6.32. The molecular weight excluding hydrogens is 233 g/mol. The molecule has 2 atom stereocenters. The number of carbonyl (C=O) groups is 1. The van der Waals surface area contributed by atoms with Gasteiger partial charge in [-0.25, -0.2) is 9.18 Å². The van der Waals surface area contributed by atoms with Gasteiger partial charge >= 0.3 is 6.09 Å². The third-order valence-electron chi connectivity index (χ3n) is 3.23. The molecule has 1 aromatic carbocycles. The first-order valence-corrected chi connectivity index (χ1v) is 6.32. The summed E-state index contributed by atoms with van der Waals surface area (Å²) in [5, 5.41) is 2.69. The molecule has 1 aromatic rings. The van der Waals surface area contributed by atoms with E-state index in [1.54, 1.807) is 0 Å². The second-order valence-corrected chi connectivity index (χ2v) is 4.72. The minimum absolute atomic E-state index is 0.254. The van der Waals surface area contributed by atoms with Crippen molar-refractivity contribution in [1.29, 1.82) is 0 Å². The zero-order valence-corrected chi connectivity index (χ0v) is 10.3. The molecule has 0 heterocycles. The Morgan fingerprint density at radius 1 is 1.33 bits per heavy atom. The lowest BCUT2D eigenvalue weighted by atomic mass is 10.1. The molecule has 1 saturated carbocycles. The zero-order valence-electron chi connectivity index (χ0n) is 10.3. The van der Waals surface area contributed by atoms with Crippen LogP contribution in [0.25, 0.3) is 0 Å². The smallest absolute Gasteiger partial charge is 0.407 e. The van der Waals surface area contributed by atoms with Crippen molar-refractivity contribution in [2.24, 2.45) is 5.92 Å². The van der Waals surface area contributed by atoms with E-state index in [0.717, 1.165) is 12.0 Å². The molecule has 1 aliphatic rings. The molecule has 1 amide bonds. The van der Waals surface area contributed by atoms with Crippen LogP contribution >= 0.6 is 0 Å². The number of hydrogen-bond acceptors (Lipinski definition) is 2. The van der Waals surface area contributed by atoms with Gasteiger partial charge in [-0.3, -0.25) is 0 Å². The van der Waals surface area contributed by atoms with Crippen LogP contribution in [0.4, 0.5) is 9.18 Å². The van der Waals surface area contributed by atoms with Crippen LogP contribution in [0, 0.1) is 5.92 Å². The third kappa shape index (κ3) is 4.02. The molecule has 98 valence electrons. The first-order chi connectivity index (χ1) is 8.74. The summed E-state index contributed by atoms with van der Waals surface area (Å²) in [5.41, 5.74) is 0.956. The standard InChI is InChI=1S/C14H18FNO2/c15-13-7-6-12(8-13)9-16-14(17)18-10-11-4-2-1-3-5-11/h1-5,12-13H,6-10H2,(H,16,17). The van der Waals surface area contributed by atoms with Crippen molar-refractivity contribution in [3.8, 4) is 0 Å². The fourth-order valence-electron chi connectivity index (χ4n) is 2.20. The third-order valence-corrected chi connectivity index (χ3v) is 3.23. The largest absolute Gasteiger partial charge is 0.445 e. The van der Waals surface area contributed by atoms with Gasteiger partial charge in [-0.05, 0) is 30.7 Å². The highest BCUT2D eigenvalue weighted by Gasteiger charge is 2.24. The minimum Gasteiger partial charge on any atom is -0.445 e. The van der Waals surface area contributed by atoms with Crippen molar-refractivity contribution in [3.63, 3.8) is 0 Å². The molecule has 1 N–H and O–H groups in total. The highest BCUT2D eigenvalue weighted by Crippen LogP contribution is 2.26. The van der Waals surface area contributed by atoms with Crippen molar-refractivity contribution in [3.05, 3.63) is 35.9 Å². The van der Waals surface area contributed by atoms with Gasteiger partial charge in [0.2, 0.25) is 0 Å². The normalized spacial score (nSPS) is 22.7. The second-order valence-electron chi connectivity index (χ2n) is 4.72. The summed E-state index contributed by atoms with van der Waals surface area (Å²) in [7, 11) is 0. The molecule has 1 aliphatic carbocycles. The lowest BCUT2D eigenvalue weighted by Crippen LogP contribution is -2.29. The number of alkyl carbamates (subject to hydrolysis) is 1. The average molecular weight is 251 g/mol. The van der Waals surface area contributed by atoms with Gasteiger partial charge in [0.05, 0.1) is 0 Å². The van der Waals surface area contributed by atoms with Gasteiger partial charge in [-0.2, -0.15) is 0 Å². The molecular formula is C14H18FNO2. The number of carbonyl (C=O) groups excluding carboxylic acids is 1. The van der Waals surface area contributed by atoms with E-state index in [9.17, 15) is 9.18 Å². The number of ether oxygens (including phenoxy) is 1. The predicted molar refractivity (Wildman–Crippen MR) is 66.9 cm³/mol. The Labute approximate surface area is 106 Å². The molecule has 0 aromatic heterocycles. The lowest BCUT2D eigenvalue weighted by molar-refractivity contribution is 0.138. The number of alkyl halides is 1. The molecule has 4 heteroatoms. The molecule has 2 rings (SSSR count). The van der Waals surface area contributed by atoms with Gasteiger partial charge in [0.15, 0.2) is 0 Å². The number of hydrogen-bond donors (Lipinski definition) is 1. The van der Waals surface area contributed by atoms with Gasteiger partial charge in [-0.15, -0.1) is 0 Å². The summed E-state index contributed by atoms with van der Waals surface area (Å²) in [4.78, 5) is 11.4. The van der Waals surface area contributed by atoms with Crippen LogP contribution in [-0.2, 0) is 11.3 Å². The molecule has 0 aliphatic heterocycles. The quantitative estimate of drug-likeness (QED) is 0.893. The maximum atomic E-state index is 12.9.